The SMILES string of the molecule is CCCCCCOC(=O)C(C)(C(=O)OCCCCCC)c1ccc(C(=O)C2CC2)cc1. The van der Waals surface area contributed by atoms with Gasteiger partial charge in [0.05, 0.1) is 13.2 Å². The van der Waals surface area contributed by atoms with E-state index in [2.05, 4.69) is 13.8 Å². The number of ether oxygens (including phenoxy) is 2. The Balaban J connectivity index is 2.10. The fourth-order valence-corrected chi connectivity index (χ4v) is 3.54. The van der Waals surface area contributed by atoms with Crippen LogP contribution in [0.1, 0.15) is 101 Å². The number of unbranched alkanes of at least 4 members (excludes halogenated alkanes) is 6. The first-order chi connectivity index (χ1) is 14.9. The molecule has 31 heavy (non-hydrogen) atoms. The third-order valence-electron chi connectivity index (χ3n) is 5.97. The average molecular weight is 431 g/mol. The van der Waals surface area contributed by atoms with Crippen LogP contribution in [-0.4, -0.2) is 30.9 Å². The molecule has 1 aromatic rings. The maximum Gasteiger partial charge on any atom is 0.327 e. The second kappa shape index (κ2) is 12.6. The first kappa shape index (κ1) is 25.1. The van der Waals surface area contributed by atoms with E-state index in [1.54, 1.807) is 31.2 Å². The Bertz CT molecular complexity index is 692. The summed E-state index contributed by atoms with van der Waals surface area (Å²) >= 11 is 0. The normalized spacial score (nSPS) is 13.6. The summed E-state index contributed by atoms with van der Waals surface area (Å²) in [5.41, 5.74) is -0.428. The topological polar surface area (TPSA) is 69.7 Å². The van der Waals surface area contributed by atoms with Crippen molar-refractivity contribution in [1.82, 2.24) is 0 Å². The molecule has 2 rings (SSSR count). The Hall–Kier alpha value is -2.17. The van der Waals surface area contributed by atoms with E-state index in [1.165, 1.54) is 0 Å². The molecule has 0 aromatic heterocycles. The molecule has 0 atom stereocenters. The molecular formula is C26H38O5. The third-order valence-corrected chi connectivity index (χ3v) is 5.97. The van der Waals surface area contributed by atoms with Gasteiger partial charge in [-0.25, -0.2) is 0 Å². The zero-order chi connectivity index (χ0) is 22.7. The van der Waals surface area contributed by atoms with Gasteiger partial charge < -0.3 is 9.47 Å². The molecule has 0 aliphatic heterocycles. The molecule has 172 valence electrons. The monoisotopic (exact) mass is 430 g/mol. The molecule has 0 bridgehead atoms. The van der Waals surface area contributed by atoms with Crippen molar-refractivity contribution < 1.29 is 23.9 Å². The van der Waals surface area contributed by atoms with Crippen molar-refractivity contribution in [1.29, 1.82) is 0 Å². The molecule has 1 aliphatic rings. The van der Waals surface area contributed by atoms with Crippen LogP contribution in [0.5, 0.6) is 0 Å². The minimum absolute atomic E-state index is 0.124. The van der Waals surface area contributed by atoms with Crippen molar-refractivity contribution in [3.63, 3.8) is 0 Å². The van der Waals surface area contributed by atoms with E-state index in [-0.39, 0.29) is 24.9 Å². The third kappa shape index (κ3) is 7.19. The summed E-state index contributed by atoms with van der Waals surface area (Å²) in [5.74, 6) is -0.934. The number of rotatable bonds is 15. The molecule has 1 aliphatic carbocycles. The zero-order valence-electron chi connectivity index (χ0n) is 19.4. The van der Waals surface area contributed by atoms with Gasteiger partial charge in [0.15, 0.2) is 11.2 Å². The fourth-order valence-electron chi connectivity index (χ4n) is 3.54. The minimum Gasteiger partial charge on any atom is -0.465 e. The number of ketones is 1. The molecule has 1 saturated carbocycles. The average Bonchev–Trinajstić information content (AvgIpc) is 3.63. The van der Waals surface area contributed by atoms with Crippen LogP contribution < -0.4 is 0 Å². The molecule has 0 unspecified atom stereocenters. The van der Waals surface area contributed by atoms with Crippen LogP contribution in [0.4, 0.5) is 0 Å². The lowest BCUT2D eigenvalue weighted by Crippen LogP contribution is -2.43. The van der Waals surface area contributed by atoms with Crippen LogP contribution in [0, 0.1) is 5.92 Å². The number of Topliss-reactive ketones (excluding diaryl/α,β-unsaturated/α-hetero) is 1. The maximum atomic E-state index is 13.0. The van der Waals surface area contributed by atoms with Crippen molar-refractivity contribution in [3.8, 4) is 0 Å². The number of carbonyl (C=O) groups excluding carboxylic acids is 3. The summed E-state index contributed by atoms with van der Waals surface area (Å²) in [6, 6.07) is 6.78. The lowest BCUT2D eigenvalue weighted by atomic mass is 9.82. The Kier molecular flexibility index (Phi) is 10.2. The van der Waals surface area contributed by atoms with Crippen LogP contribution in [0.3, 0.4) is 0 Å². The van der Waals surface area contributed by atoms with Gasteiger partial charge in [-0.1, -0.05) is 76.6 Å². The molecule has 0 radical (unpaired) electrons. The lowest BCUT2D eigenvalue weighted by Gasteiger charge is -2.26. The van der Waals surface area contributed by atoms with E-state index in [4.69, 9.17) is 9.47 Å². The first-order valence-corrected chi connectivity index (χ1v) is 11.9. The van der Waals surface area contributed by atoms with Crippen LogP contribution in [0.15, 0.2) is 24.3 Å². The van der Waals surface area contributed by atoms with Crippen LogP contribution in [0.2, 0.25) is 0 Å². The Labute approximate surface area is 186 Å². The second-order valence-electron chi connectivity index (χ2n) is 8.73. The summed E-state index contributed by atoms with van der Waals surface area (Å²) < 4.78 is 11.0. The van der Waals surface area contributed by atoms with Gasteiger partial charge in [-0.05, 0) is 38.2 Å². The number of hydrogen-bond donors (Lipinski definition) is 0. The highest BCUT2D eigenvalue weighted by molar-refractivity contribution is 6.06. The summed E-state index contributed by atoms with van der Waals surface area (Å²) in [7, 11) is 0. The standard InChI is InChI=1S/C26H38O5/c1-4-6-8-10-18-30-24(28)26(3,25(29)31-19-11-9-7-5-2)22-16-14-21(15-17-22)23(27)20-12-13-20/h14-17,20H,4-13,18-19H2,1-3H3. The van der Waals surface area contributed by atoms with E-state index in [1.807, 2.05) is 0 Å². The summed E-state index contributed by atoms with van der Waals surface area (Å²) in [6.07, 6.45) is 9.77. The Morgan fingerprint density at radius 3 is 1.71 bits per heavy atom. The van der Waals surface area contributed by atoms with Crippen molar-refractivity contribution in [2.24, 2.45) is 5.92 Å². The molecular weight excluding hydrogens is 392 g/mol. The van der Waals surface area contributed by atoms with Gasteiger partial charge >= 0.3 is 11.9 Å². The van der Waals surface area contributed by atoms with Crippen molar-refractivity contribution >= 4 is 17.7 Å². The van der Waals surface area contributed by atoms with Crippen molar-refractivity contribution in [2.75, 3.05) is 13.2 Å². The highest BCUT2D eigenvalue weighted by Gasteiger charge is 2.46. The van der Waals surface area contributed by atoms with Gasteiger partial charge in [-0.15, -0.1) is 0 Å². The van der Waals surface area contributed by atoms with E-state index < -0.39 is 17.4 Å². The zero-order valence-corrected chi connectivity index (χ0v) is 19.4. The molecule has 5 heteroatoms. The van der Waals surface area contributed by atoms with Gasteiger partial charge in [0, 0.05) is 11.5 Å². The quantitative estimate of drug-likeness (QED) is 0.153. The van der Waals surface area contributed by atoms with Gasteiger partial charge in [-0.2, -0.15) is 0 Å². The molecule has 0 amide bonds. The number of benzene rings is 1. The predicted octanol–water partition coefficient (Wildman–Crippen LogP) is 5.78. The first-order valence-electron chi connectivity index (χ1n) is 11.9. The number of hydrogen-bond acceptors (Lipinski definition) is 5. The summed E-state index contributed by atoms with van der Waals surface area (Å²) in [4.78, 5) is 38.4. The van der Waals surface area contributed by atoms with Crippen LogP contribution in [-0.2, 0) is 24.5 Å². The minimum atomic E-state index is -1.54. The fraction of sp³-hybridized carbons (Fsp3) is 0.654. The largest absolute Gasteiger partial charge is 0.465 e. The van der Waals surface area contributed by atoms with E-state index in [0.29, 0.717) is 11.1 Å². The van der Waals surface area contributed by atoms with E-state index in [9.17, 15) is 14.4 Å². The van der Waals surface area contributed by atoms with Gasteiger partial charge in [-0.3, -0.25) is 14.4 Å². The van der Waals surface area contributed by atoms with Gasteiger partial charge in [0.2, 0.25) is 0 Å². The highest BCUT2D eigenvalue weighted by Crippen LogP contribution is 2.34. The summed E-state index contributed by atoms with van der Waals surface area (Å²) in [5, 5.41) is 0. The van der Waals surface area contributed by atoms with Crippen molar-refractivity contribution in [3.05, 3.63) is 35.4 Å². The van der Waals surface area contributed by atoms with E-state index >= 15 is 0 Å². The van der Waals surface area contributed by atoms with Crippen molar-refractivity contribution in [2.45, 2.75) is 90.4 Å². The lowest BCUT2D eigenvalue weighted by molar-refractivity contribution is -0.164. The second-order valence-corrected chi connectivity index (χ2v) is 8.73. The molecule has 0 saturated heterocycles. The highest BCUT2D eigenvalue weighted by atomic mass is 16.6. The van der Waals surface area contributed by atoms with Gasteiger partial charge in [0.25, 0.3) is 0 Å². The molecule has 0 N–H and O–H groups in total. The molecule has 1 aromatic carbocycles. The Morgan fingerprint density at radius 2 is 1.29 bits per heavy atom. The number of esters is 2. The molecule has 0 heterocycles. The molecule has 5 nitrogen and oxygen atoms in total. The van der Waals surface area contributed by atoms with Crippen LogP contribution in [0.25, 0.3) is 0 Å². The maximum absolute atomic E-state index is 13.0. The molecule has 1 fully saturated rings. The summed E-state index contributed by atoms with van der Waals surface area (Å²) in [6.45, 7) is 6.38. The van der Waals surface area contributed by atoms with Gasteiger partial charge in [0.1, 0.15) is 0 Å². The number of carbonyl (C=O) groups is 3. The van der Waals surface area contributed by atoms with E-state index in [0.717, 1.165) is 64.2 Å². The molecule has 0 spiro atoms. The van der Waals surface area contributed by atoms with Crippen LogP contribution >= 0.6 is 0 Å². The predicted molar refractivity (Wildman–Crippen MR) is 121 cm³/mol. The Morgan fingerprint density at radius 1 is 0.806 bits per heavy atom. The smallest absolute Gasteiger partial charge is 0.327 e.